The zero-order valence-corrected chi connectivity index (χ0v) is 9.10. The highest BCUT2D eigenvalue weighted by Crippen LogP contribution is 2.01. The third kappa shape index (κ3) is 11.3. The summed E-state index contributed by atoms with van der Waals surface area (Å²) in [5.41, 5.74) is 6.11. The van der Waals surface area contributed by atoms with Crippen LogP contribution in [-0.4, -0.2) is 0 Å². The maximum Gasteiger partial charge on any atom is -0.0268 e. The Labute approximate surface area is 83.0 Å². The summed E-state index contributed by atoms with van der Waals surface area (Å²) in [5.74, 6) is 0. The van der Waals surface area contributed by atoms with Crippen LogP contribution in [-0.2, 0) is 0 Å². The van der Waals surface area contributed by atoms with Gasteiger partial charge in [-0.25, -0.2) is 0 Å². The molecule has 74 valence electrons. The fourth-order valence-electron chi connectivity index (χ4n) is 1.08. The van der Waals surface area contributed by atoms with Crippen molar-refractivity contribution in [1.29, 1.82) is 0 Å². The molecular weight excluding hydrogens is 156 g/mol. The van der Waals surface area contributed by atoms with Gasteiger partial charge in [-0.3, -0.25) is 0 Å². The van der Waals surface area contributed by atoms with E-state index >= 15 is 0 Å². The summed E-state index contributed by atoms with van der Waals surface area (Å²) < 4.78 is 0. The fourth-order valence-corrected chi connectivity index (χ4v) is 1.08. The standard InChI is InChI=1S/C13H22/c1-3-5-7-9-11-13-12-10-8-6-4-2/h7,13H,3-6,8,10,12H2,1-2H3. The first kappa shape index (κ1) is 12.3. The van der Waals surface area contributed by atoms with E-state index < -0.39 is 0 Å². The quantitative estimate of drug-likeness (QED) is 0.394. The Kier molecular flexibility index (Phi) is 10.7. The maximum absolute atomic E-state index is 3.07. The van der Waals surface area contributed by atoms with Gasteiger partial charge in [0.05, 0.1) is 0 Å². The summed E-state index contributed by atoms with van der Waals surface area (Å²) in [4.78, 5) is 0. The van der Waals surface area contributed by atoms with Gasteiger partial charge >= 0.3 is 0 Å². The van der Waals surface area contributed by atoms with E-state index in [2.05, 4.69) is 37.5 Å². The Hall–Kier alpha value is -0.700. The lowest BCUT2D eigenvalue weighted by atomic mass is 10.1. The second-order valence-electron chi connectivity index (χ2n) is 3.33. The Morgan fingerprint density at radius 2 is 1.46 bits per heavy atom. The van der Waals surface area contributed by atoms with Crippen LogP contribution >= 0.6 is 0 Å². The van der Waals surface area contributed by atoms with Gasteiger partial charge in [-0.2, -0.15) is 0 Å². The highest BCUT2D eigenvalue weighted by molar-refractivity contribution is 4.86. The van der Waals surface area contributed by atoms with E-state index in [1.165, 1.54) is 32.1 Å². The molecule has 0 bridgehead atoms. The molecule has 0 saturated carbocycles. The third-order valence-electron chi connectivity index (χ3n) is 1.92. The largest absolute Gasteiger partial charge is 0.0750 e. The highest BCUT2D eigenvalue weighted by Gasteiger charge is 1.82. The van der Waals surface area contributed by atoms with Crippen LogP contribution in [0, 0.1) is 0 Å². The second kappa shape index (κ2) is 11.3. The lowest BCUT2D eigenvalue weighted by molar-refractivity contribution is 0.675. The van der Waals surface area contributed by atoms with Crippen molar-refractivity contribution >= 4 is 0 Å². The monoisotopic (exact) mass is 178 g/mol. The molecule has 0 aliphatic heterocycles. The molecule has 0 aliphatic carbocycles. The normalized spacial score (nSPS) is 8.77. The van der Waals surface area contributed by atoms with Gasteiger partial charge in [-0.05, 0) is 31.4 Å². The first-order valence-electron chi connectivity index (χ1n) is 5.56. The first-order chi connectivity index (χ1) is 6.41. The topological polar surface area (TPSA) is 0 Å². The van der Waals surface area contributed by atoms with E-state index in [0.29, 0.717) is 0 Å². The summed E-state index contributed by atoms with van der Waals surface area (Å²) in [5, 5.41) is 0. The van der Waals surface area contributed by atoms with Gasteiger partial charge in [0.25, 0.3) is 0 Å². The predicted octanol–water partition coefficient (Wildman–Crippen LogP) is 4.62. The van der Waals surface area contributed by atoms with Crippen molar-refractivity contribution in [3.8, 4) is 0 Å². The van der Waals surface area contributed by atoms with E-state index in [-0.39, 0.29) is 0 Å². The molecule has 0 radical (unpaired) electrons. The molecule has 0 aromatic rings. The van der Waals surface area contributed by atoms with Gasteiger partial charge in [0.1, 0.15) is 0 Å². The summed E-state index contributed by atoms with van der Waals surface area (Å²) in [7, 11) is 0. The van der Waals surface area contributed by atoms with Gasteiger partial charge in [0.15, 0.2) is 0 Å². The molecular formula is C13H22. The molecule has 0 aliphatic rings. The van der Waals surface area contributed by atoms with Gasteiger partial charge in [0, 0.05) is 0 Å². The van der Waals surface area contributed by atoms with E-state index in [1.54, 1.807) is 0 Å². The smallest absolute Gasteiger partial charge is 0.0268 e. The van der Waals surface area contributed by atoms with E-state index in [9.17, 15) is 0 Å². The minimum Gasteiger partial charge on any atom is -0.0750 e. The summed E-state index contributed by atoms with van der Waals surface area (Å²) in [6.45, 7) is 4.41. The van der Waals surface area contributed by atoms with Crippen LogP contribution in [0.2, 0.25) is 0 Å². The third-order valence-corrected chi connectivity index (χ3v) is 1.92. The van der Waals surface area contributed by atoms with Gasteiger partial charge in [-0.15, -0.1) is 0 Å². The van der Waals surface area contributed by atoms with Gasteiger partial charge < -0.3 is 0 Å². The van der Waals surface area contributed by atoms with Gasteiger partial charge in [-0.1, -0.05) is 51.0 Å². The lowest BCUT2D eigenvalue weighted by Gasteiger charge is -1.91. The molecule has 0 unspecified atom stereocenters. The minimum atomic E-state index is 1.12. The molecule has 0 heterocycles. The van der Waals surface area contributed by atoms with Crippen LogP contribution in [0.1, 0.15) is 58.8 Å². The summed E-state index contributed by atoms with van der Waals surface area (Å²) >= 11 is 0. The molecule has 0 rings (SSSR count). The molecule has 0 nitrogen and oxygen atoms in total. The fraction of sp³-hybridized carbons (Fsp3) is 0.692. The minimum absolute atomic E-state index is 1.12. The van der Waals surface area contributed by atoms with Crippen LogP contribution in [0.15, 0.2) is 23.6 Å². The number of hydrogen-bond donors (Lipinski definition) is 0. The van der Waals surface area contributed by atoms with E-state index in [1.807, 2.05) is 0 Å². The Morgan fingerprint density at radius 3 is 2.08 bits per heavy atom. The zero-order chi connectivity index (χ0) is 9.78. The average molecular weight is 178 g/mol. The van der Waals surface area contributed by atoms with Crippen molar-refractivity contribution < 1.29 is 0 Å². The number of unbranched alkanes of at least 4 members (excludes halogenated alkanes) is 5. The van der Waals surface area contributed by atoms with Crippen molar-refractivity contribution in [2.45, 2.75) is 58.8 Å². The zero-order valence-electron chi connectivity index (χ0n) is 9.10. The van der Waals surface area contributed by atoms with Crippen LogP contribution in [0.3, 0.4) is 0 Å². The molecule has 0 atom stereocenters. The first-order valence-corrected chi connectivity index (χ1v) is 5.56. The molecule has 0 fully saturated rings. The second-order valence-corrected chi connectivity index (χ2v) is 3.33. The molecule has 0 aromatic carbocycles. The molecule has 0 saturated heterocycles. The predicted molar refractivity (Wildman–Crippen MR) is 59.8 cm³/mol. The molecule has 0 aromatic heterocycles. The summed E-state index contributed by atoms with van der Waals surface area (Å²) in [6, 6.07) is 0. The summed E-state index contributed by atoms with van der Waals surface area (Å²) in [6.07, 6.45) is 13.0. The average Bonchev–Trinajstić information content (AvgIpc) is 2.16. The molecule has 0 N–H and O–H groups in total. The van der Waals surface area contributed by atoms with E-state index in [4.69, 9.17) is 0 Å². The molecule has 0 heteroatoms. The van der Waals surface area contributed by atoms with Crippen LogP contribution in [0.4, 0.5) is 0 Å². The number of rotatable bonds is 7. The SMILES string of the molecule is CCCC=C=C=CCCCCCC. The molecule has 13 heavy (non-hydrogen) atoms. The van der Waals surface area contributed by atoms with Crippen molar-refractivity contribution in [2.75, 3.05) is 0 Å². The molecule has 0 spiro atoms. The molecule has 0 amide bonds. The van der Waals surface area contributed by atoms with Crippen LogP contribution in [0.25, 0.3) is 0 Å². The maximum atomic E-state index is 3.07. The Balaban J connectivity index is 3.34. The van der Waals surface area contributed by atoms with Gasteiger partial charge in [0.2, 0.25) is 0 Å². The van der Waals surface area contributed by atoms with Crippen LogP contribution in [0.5, 0.6) is 0 Å². The highest BCUT2D eigenvalue weighted by atomic mass is 13.9. The van der Waals surface area contributed by atoms with E-state index in [0.717, 1.165) is 12.8 Å². The number of hydrogen-bond acceptors (Lipinski definition) is 0. The Bertz CT molecular complexity index is 176. The van der Waals surface area contributed by atoms with Crippen molar-refractivity contribution in [2.24, 2.45) is 0 Å². The van der Waals surface area contributed by atoms with Crippen molar-refractivity contribution in [3.05, 3.63) is 23.6 Å². The van der Waals surface area contributed by atoms with Crippen molar-refractivity contribution in [1.82, 2.24) is 0 Å². The van der Waals surface area contributed by atoms with Crippen LogP contribution < -0.4 is 0 Å². The lowest BCUT2D eigenvalue weighted by Crippen LogP contribution is -1.72. The van der Waals surface area contributed by atoms with Crippen molar-refractivity contribution in [3.63, 3.8) is 0 Å². The Morgan fingerprint density at radius 1 is 0.769 bits per heavy atom. The number of allylic oxidation sites excluding steroid dienone is 2.